The summed E-state index contributed by atoms with van der Waals surface area (Å²) in [5.41, 5.74) is 3.55. The smallest absolute Gasteiger partial charge is 0.328 e. The van der Waals surface area contributed by atoms with Crippen molar-refractivity contribution in [3.05, 3.63) is 52.0 Å². The lowest BCUT2D eigenvalue weighted by Crippen LogP contribution is -2.41. The van der Waals surface area contributed by atoms with E-state index in [1.807, 2.05) is 13.8 Å². The van der Waals surface area contributed by atoms with Crippen LogP contribution in [0.15, 0.2) is 28.7 Å². The molecule has 0 aliphatic carbocycles. The number of hydrogen-bond donors (Lipinski definition) is 4. The second-order valence-corrected chi connectivity index (χ2v) is 15.1. The molecule has 2 fully saturated rings. The molecule has 0 bridgehead atoms. The van der Waals surface area contributed by atoms with Crippen LogP contribution < -0.4 is 20.5 Å². The molecule has 5 N–H and O–H groups in total. The average Bonchev–Trinajstić information content (AvgIpc) is 3.13. The number of benzene rings is 2. The van der Waals surface area contributed by atoms with Gasteiger partial charge >= 0.3 is 11.9 Å². The third-order valence-corrected chi connectivity index (χ3v) is 9.02. The molecule has 0 amide bonds. The second-order valence-electron chi connectivity index (χ2n) is 14.2. The molecule has 2 aromatic carbocycles. The van der Waals surface area contributed by atoms with Crippen molar-refractivity contribution in [2.45, 2.75) is 103 Å². The maximum absolute atomic E-state index is 14.7. The summed E-state index contributed by atoms with van der Waals surface area (Å²) in [6.07, 6.45) is 4.30. The number of nitrogens with zero attached hydrogens (tertiary/aromatic N) is 4. The molecule has 0 saturated carbocycles. The molecular formula is C38H49BrF2N6O8. The van der Waals surface area contributed by atoms with Crippen molar-refractivity contribution in [1.29, 1.82) is 0 Å². The van der Waals surface area contributed by atoms with Crippen molar-refractivity contribution in [3.63, 3.8) is 0 Å². The summed E-state index contributed by atoms with van der Waals surface area (Å²) < 4.78 is 52.3. The number of anilines is 1. The number of hydrogen-bond acceptors (Lipinski definition) is 12. The van der Waals surface area contributed by atoms with Crippen LogP contribution in [-0.2, 0) is 31.9 Å². The summed E-state index contributed by atoms with van der Waals surface area (Å²) >= 11 is 3.31. The van der Waals surface area contributed by atoms with Gasteiger partial charge in [0.1, 0.15) is 46.0 Å². The molecule has 0 atom stereocenters. The molecule has 2 aliphatic heterocycles. The standard InChI is InChI=1S/C19H24FN3O4.C15H16BrFN2O2.C4H9NO2/c1-4-15-21-16-13(17(22-15)27-12-5-7-26-8-6-12)9-11(10-14(16)20)23-19(2,3)18(24)25;1-2-13-18-14-11(7-9(16)8-12(14)17)15(19-13)21-10-3-5-20-6-4-10;1-4(2,5)3(6)7/h9-10,12,23H,4-8H2,1-3H3,(H,24,25);7-8,10H,2-6H2,1H3;5H2,1-2H3,(H,6,7). The van der Waals surface area contributed by atoms with E-state index in [1.54, 1.807) is 12.1 Å². The first-order valence-electron chi connectivity index (χ1n) is 18.1. The summed E-state index contributed by atoms with van der Waals surface area (Å²) in [5, 5.41) is 21.3. The van der Waals surface area contributed by atoms with E-state index in [4.69, 9.17) is 29.8 Å². The van der Waals surface area contributed by atoms with E-state index in [9.17, 15) is 23.5 Å². The Bertz CT molecular complexity index is 1970. The summed E-state index contributed by atoms with van der Waals surface area (Å²) in [7, 11) is 0. The number of carboxylic acids is 2. The Kier molecular flexibility index (Phi) is 15.0. The Hall–Kier alpha value is -4.32. The Morgan fingerprint density at radius 2 is 1.20 bits per heavy atom. The molecule has 2 aromatic heterocycles. The fraction of sp³-hybridized carbons (Fsp3) is 0.526. The quantitative estimate of drug-likeness (QED) is 0.133. The van der Waals surface area contributed by atoms with Gasteiger partial charge < -0.3 is 40.2 Å². The van der Waals surface area contributed by atoms with Crippen LogP contribution in [0.2, 0.25) is 0 Å². The zero-order valence-electron chi connectivity index (χ0n) is 31.9. The van der Waals surface area contributed by atoms with E-state index in [-0.39, 0.29) is 23.5 Å². The summed E-state index contributed by atoms with van der Waals surface area (Å²) in [5.74, 6) is -1.07. The molecule has 4 aromatic rings. The minimum Gasteiger partial charge on any atom is -0.480 e. The monoisotopic (exact) mass is 834 g/mol. The molecule has 6 rings (SSSR count). The molecular weight excluding hydrogens is 786 g/mol. The highest BCUT2D eigenvalue weighted by atomic mass is 79.9. The molecule has 14 nitrogen and oxygen atoms in total. The maximum Gasteiger partial charge on any atom is 0.328 e. The van der Waals surface area contributed by atoms with E-state index in [0.29, 0.717) is 89.1 Å². The molecule has 0 unspecified atom stereocenters. The summed E-state index contributed by atoms with van der Waals surface area (Å²) in [6, 6.07) is 6.09. The van der Waals surface area contributed by atoms with Crippen LogP contribution in [0.5, 0.6) is 11.8 Å². The molecule has 55 heavy (non-hydrogen) atoms. The molecule has 2 saturated heterocycles. The van der Waals surface area contributed by atoms with Crippen LogP contribution in [0.4, 0.5) is 14.5 Å². The van der Waals surface area contributed by atoms with Gasteiger partial charge in [0.05, 0.1) is 37.2 Å². The first-order chi connectivity index (χ1) is 25.9. The molecule has 17 heteroatoms. The minimum atomic E-state index is -1.26. The fourth-order valence-corrected chi connectivity index (χ4v) is 5.70. The first-order valence-corrected chi connectivity index (χ1v) is 18.9. The molecule has 300 valence electrons. The van der Waals surface area contributed by atoms with Gasteiger partial charge in [0.25, 0.3) is 0 Å². The largest absolute Gasteiger partial charge is 0.480 e. The zero-order chi connectivity index (χ0) is 40.5. The third kappa shape index (κ3) is 12.1. The van der Waals surface area contributed by atoms with Crippen LogP contribution in [0, 0.1) is 11.6 Å². The Labute approximate surface area is 326 Å². The highest BCUT2D eigenvalue weighted by Crippen LogP contribution is 2.32. The Balaban J connectivity index is 0.000000213. The van der Waals surface area contributed by atoms with Gasteiger partial charge in [0.2, 0.25) is 11.8 Å². The minimum absolute atomic E-state index is 0.0586. The Morgan fingerprint density at radius 3 is 1.60 bits per heavy atom. The predicted molar refractivity (Wildman–Crippen MR) is 206 cm³/mol. The Morgan fingerprint density at radius 1 is 0.782 bits per heavy atom. The van der Waals surface area contributed by atoms with Crippen molar-refractivity contribution in [2.24, 2.45) is 5.73 Å². The second kappa shape index (κ2) is 19.0. The van der Waals surface area contributed by atoms with Crippen molar-refractivity contribution < 1.29 is 47.5 Å². The lowest BCUT2D eigenvalue weighted by molar-refractivity contribution is -0.142. The number of rotatable bonds is 10. The maximum atomic E-state index is 14.7. The highest BCUT2D eigenvalue weighted by molar-refractivity contribution is 9.10. The van der Waals surface area contributed by atoms with E-state index in [1.165, 1.54) is 39.8 Å². The molecule has 4 heterocycles. The van der Waals surface area contributed by atoms with Crippen LogP contribution >= 0.6 is 15.9 Å². The number of aromatic nitrogens is 4. The van der Waals surface area contributed by atoms with Crippen molar-refractivity contribution in [3.8, 4) is 11.8 Å². The number of nitrogens with two attached hydrogens (primary N) is 1. The number of fused-ring (bicyclic) bond motifs is 2. The van der Waals surface area contributed by atoms with Gasteiger partial charge in [0, 0.05) is 48.7 Å². The van der Waals surface area contributed by atoms with Gasteiger partial charge in [-0.3, -0.25) is 4.79 Å². The first kappa shape index (κ1) is 43.4. The summed E-state index contributed by atoms with van der Waals surface area (Å²) in [4.78, 5) is 38.7. The number of carbonyl (C=O) groups is 2. The van der Waals surface area contributed by atoms with E-state index >= 15 is 0 Å². The number of carboxylic acid groups (broad SMARTS) is 2. The van der Waals surface area contributed by atoms with Gasteiger partial charge in [-0.05, 0) is 52.0 Å². The number of halogens is 3. The van der Waals surface area contributed by atoms with Gasteiger partial charge in [-0.15, -0.1) is 0 Å². The van der Waals surface area contributed by atoms with Gasteiger partial charge in [0.15, 0.2) is 11.6 Å². The third-order valence-electron chi connectivity index (χ3n) is 8.56. The van der Waals surface area contributed by atoms with Gasteiger partial charge in [-0.1, -0.05) is 29.8 Å². The fourth-order valence-electron chi connectivity index (χ4n) is 5.27. The highest BCUT2D eigenvalue weighted by Gasteiger charge is 2.28. The van der Waals surface area contributed by atoms with E-state index < -0.39 is 28.8 Å². The van der Waals surface area contributed by atoms with Crippen LogP contribution in [0.1, 0.15) is 78.9 Å². The molecule has 0 radical (unpaired) electrons. The lowest BCUT2D eigenvalue weighted by Gasteiger charge is -2.25. The molecule has 2 aliphatic rings. The van der Waals surface area contributed by atoms with Crippen LogP contribution in [0.25, 0.3) is 21.8 Å². The number of nitrogens with one attached hydrogen (secondary N) is 1. The molecule has 0 spiro atoms. The van der Waals surface area contributed by atoms with E-state index in [0.717, 1.165) is 25.7 Å². The number of ether oxygens (including phenoxy) is 4. The van der Waals surface area contributed by atoms with Crippen molar-refractivity contribution >= 4 is 55.4 Å². The predicted octanol–water partition coefficient (Wildman–Crippen LogP) is 6.62. The van der Waals surface area contributed by atoms with Crippen LogP contribution in [-0.4, -0.2) is 91.8 Å². The van der Waals surface area contributed by atoms with Gasteiger partial charge in [-0.2, -0.15) is 9.97 Å². The summed E-state index contributed by atoms with van der Waals surface area (Å²) in [6.45, 7) is 12.3. The zero-order valence-corrected chi connectivity index (χ0v) is 33.5. The van der Waals surface area contributed by atoms with Crippen molar-refractivity contribution in [1.82, 2.24) is 19.9 Å². The lowest BCUT2D eigenvalue weighted by atomic mass is 10.1. The SMILES string of the molecule is CC(C)(N)C(=O)O.CCc1nc(OC2CCOCC2)c2cc(Br)cc(F)c2n1.CCc1nc(OC2CCOCC2)c2cc(NC(C)(C)C(=O)O)cc(F)c2n1. The normalized spacial score (nSPS) is 15.4. The number of aliphatic carboxylic acids is 2. The van der Waals surface area contributed by atoms with Crippen LogP contribution in [0.3, 0.4) is 0 Å². The van der Waals surface area contributed by atoms with E-state index in [2.05, 4.69) is 41.2 Å². The number of aryl methyl sites for hydroxylation is 2. The average molecular weight is 836 g/mol. The van der Waals surface area contributed by atoms with Gasteiger partial charge in [-0.25, -0.2) is 23.5 Å². The topological polar surface area (TPSA) is 201 Å². The van der Waals surface area contributed by atoms with Crippen molar-refractivity contribution in [2.75, 3.05) is 31.7 Å².